The summed E-state index contributed by atoms with van der Waals surface area (Å²) >= 11 is 0. The molecule has 1 aliphatic carbocycles. The normalized spacial score (nSPS) is 20.2. The first-order valence-corrected chi connectivity index (χ1v) is 12.3. The fourth-order valence-corrected chi connectivity index (χ4v) is 4.93. The van der Waals surface area contributed by atoms with Crippen molar-refractivity contribution < 1.29 is 28.5 Å². The second-order valence-electron chi connectivity index (χ2n) is 10.4. The number of esters is 1. The summed E-state index contributed by atoms with van der Waals surface area (Å²) in [6.45, 7) is 7.53. The Bertz CT molecular complexity index is 1240. The van der Waals surface area contributed by atoms with Crippen LogP contribution in [0.2, 0.25) is 0 Å². The Kier molecular flexibility index (Phi) is 7.41. The summed E-state index contributed by atoms with van der Waals surface area (Å²) in [6.07, 6.45) is 3.91. The van der Waals surface area contributed by atoms with Crippen LogP contribution >= 0.6 is 0 Å². The third-order valence-electron chi connectivity index (χ3n) is 6.71. The lowest BCUT2D eigenvalue weighted by atomic mass is 9.80. The number of carbonyl (C=O) groups is 2. The number of rotatable bonds is 5. The van der Waals surface area contributed by atoms with E-state index in [0.29, 0.717) is 5.56 Å². The van der Waals surface area contributed by atoms with Gasteiger partial charge in [-0.2, -0.15) is 0 Å². The number of aromatic nitrogens is 1. The van der Waals surface area contributed by atoms with Gasteiger partial charge in [0.25, 0.3) is 0 Å². The van der Waals surface area contributed by atoms with E-state index in [1.807, 2.05) is 58.0 Å². The molecule has 1 fully saturated rings. The highest BCUT2D eigenvalue weighted by Crippen LogP contribution is 2.39. The molecule has 0 bridgehead atoms. The third-order valence-corrected chi connectivity index (χ3v) is 6.71. The van der Waals surface area contributed by atoms with Crippen molar-refractivity contribution in [3.8, 4) is 5.75 Å². The largest absolute Gasteiger partial charge is 0.489 e. The van der Waals surface area contributed by atoms with Crippen molar-refractivity contribution >= 4 is 23.0 Å². The molecule has 3 atom stereocenters. The summed E-state index contributed by atoms with van der Waals surface area (Å²) in [5, 5.41) is 0.870. The van der Waals surface area contributed by atoms with Crippen LogP contribution in [-0.2, 0) is 14.2 Å². The number of nitrogens with zero attached hydrogens (tertiary/aromatic N) is 1. The number of aryl methyl sites for hydroxylation is 1. The van der Waals surface area contributed by atoms with Crippen molar-refractivity contribution in [1.29, 1.82) is 0 Å². The smallest absolute Gasteiger partial charge is 0.419 e. The fraction of sp³-hybridized carbons (Fsp3) is 0.448. The van der Waals surface area contributed by atoms with E-state index >= 15 is 0 Å². The molecule has 0 radical (unpaired) electrons. The average molecular weight is 494 g/mol. The molecule has 0 N–H and O–H groups in total. The third kappa shape index (κ3) is 5.41. The molecule has 2 aromatic carbocycles. The van der Waals surface area contributed by atoms with Gasteiger partial charge in [0, 0.05) is 24.6 Å². The molecule has 0 unspecified atom stereocenters. The van der Waals surface area contributed by atoms with Crippen LogP contribution in [0.15, 0.2) is 48.7 Å². The van der Waals surface area contributed by atoms with E-state index in [1.165, 1.54) is 7.11 Å². The number of carbonyl (C=O) groups excluding carboxylic acids is 2. The number of hydrogen-bond acceptors (Lipinski definition) is 6. The minimum Gasteiger partial charge on any atom is -0.489 e. The van der Waals surface area contributed by atoms with E-state index in [0.717, 1.165) is 47.0 Å². The SMILES string of the molecule is COC(=O)c1ccc([C@@H]2C[C@@H](OC)CC[C@H]2Oc2ccc(C)c3c2ccn3C(=O)OC(C)(C)C)cc1. The first kappa shape index (κ1) is 25.8. The Balaban J connectivity index is 1.65. The van der Waals surface area contributed by atoms with Crippen LogP contribution in [0, 0.1) is 6.92 Å². The summed E-state index contributed by atoms with van der Waals surface area (Å²) < 4.78 is 24.3. The molecule has 7 heteroatoms. The van der Waals surface area contributed by atoms with Crippen molar-refractivity contribution in [2.45, 2.75) is 70.7 Å². The number of hydrogen-bond donors (Lipinski definition) is 0. The molecule has 0 aliphatic heterocycles. The molecule has 192 valence electrons. The first-order chi connectivity index (χ1) is 17.1. The monoisotopic (exact) mass is 493 g/mol. The van der Waals surface area contributed by atoms with Gasteiger partial charge in [-0.05, 0) is 82.3 Å². The van der Waals surface area contributed by atoms with Gasteiger partial charge in [0.05, 0.1) is 24.3 Å². The van der Waals surface area contributed by atoms with Crippen LogP contribution < -0.4 is 4.74 Å². The molecular weight excluding hydrogens is 458 g/mol. The van der Waals surface area contributed by atoms with E-state index in [1.54, 1.807) is 30.0 Å². The molecular formula is C29H35NO6. The predicted octanol–water partition coefficient (Wildman–Crippen LogP) is 6.25. The van der Waals surface area contributed by atoms with Gasteiger partial charge >= 0.3 is 12.1 Å². The number of benzene rings is 2. The number of fused-ring (bicyclic) bond motifs is 1. The Morgan fingerprint density at radius 1 is 0.972 bits per heavy atom. The Labute approximate surface area is 212 Å². The second kappa shape index (κ2) is 10.3. The standard InChI is InChI=1S/C29H35NO6/c1-18-7-13-24(22-15-16-30(26(18)22)28(32)36-29(2,3)4)35-25-14-12-21(33-5)17-23(25)19-8-10-20(11-9-19)27(31)34-6/h7-11,13,15-16,21,23,25H,12,14,17H2,1-6H3/t21-,23-,25+/m0/s1. The quantitative estimate of drug-likeness (QED) is 0.391. The van der Waals surface area contributed by atoms with Gasteiger partial charge in [-0.1, -0.05) is 18.2 Å². The summed E-state index contributed by atoms with van der Waals surface area (Å²) in [5.74, 6) is 0.457. The summed E-state index contributed by atoms with van der Waals surface area (Å²) in [6, 6.07) is 13.4. The van der Waals surface area contributed by atoms with Crippen molar-refractivity contribution in [2.75, 3.05) is 14.2 Å². The topological polar surface area (TPSA) is 76.0 Å². The lowest BCUT2D eigenvalue weighted by molar-refractivity contribution is 0.0195. The van der Waals surface area contributed by atoms with E-state index in [9.17, 15) is 9.59 Å². The Hall–Kier alpha value is -3.32. The minimum atomic E-state index is -0.591. The van der Waals surface area contributed by atoms with E-state index in [-0.39, 0.29) is 24.1 Å². The van der Waals surface area contributed by atoms with Crippen LogP contribution in [0.4, 0.5) is 4.79 Å². The van der Waals surface area contributed by atoms with E-state index in [4.69, 9.17) is 18.9 Å². The van der Waals surface area contributed by atoms with Crippen molar-refractivity contribution in [3.05, 3.63) is 65.4 Å². The minimum absolute atomic E-state index is 0.0830. The van der Waals surface area contributed by atoms with Crippen LogP contribution in [0.3, 0.4) is 0 Å². The molecule has 7 nitrogen and oxygen atoms in total. The van der Waals surface area contributed by atoms with E-state index in [2.05, 4.69) is 0 Å². The highest BCUT2D eigenvalue weighted by molar-refractivity contribution is 5.95. The molecule has 1 aromatic heterocycles. The summed E-state index contributed by atoms with van der Waals surface area (Å²) in [7, 11) is 3.12. The lowest BCUT2D eigenvalue weighted by Gasteiger charge is -2.36. The van der Waals surface area contributed by atoms with Crippen LogP contribution in [0.5, 0.6) is 5.75 Å². The highest BCUT2D eigenvalue weighted by atomic mass is 16.6. The summed E-state index contributed by atoms with van der Waals surface area (Å²) in [4.78, 5) is 24.7. The lowest BCUT2D eigenvalue weighted by Crippen LogP contribution is -2.35. The zero-order valence-corrected chi connectivity index (χ0v) is 21.9. The fourth-order valence-electron chi connectivity index (χ4n) is 4.93. The van der Waals surface area contributed by atoms with Gasteiger partial charge in [-0.15, -0.1) is 0 Å². The van der Waals surface area contributed by atoms with Crippen LogP contribution in [0.25, 0.3) is 10.9 Å². The number of ether oxygens (including phenoxy) is 4. The molecule has 1 aliphatic rings. The number of methoxy groups -OCH3 is 2. The maximum Gasteiger partial charge on any atom is 0.419 e. The summed E-state index contributed by atoms with van der Waals surface area (Å²) in [5.41, 5.74) is 2.76. The van der Waals surface area contributed by atoms with Gasteiger partial charge in [0.1, 0.15) is 17.5 Å². The molecule has 1 saturated carbocycles. The average Bonchev–Trinajstić information content (AvgIpc) is 3.31. The molecule has 1 heterocycles. The van der Waals surface area contributed by atoms with Crippen molar-refractivity contribution in [3.63, 3.8) is 0 Å². The molecule has 4 rings (SSSR count). The molecule has 3 aromatic rings. The van der Waals surface area contributed by atoms with E-state index < -0.39 is 11.7 Å². The zero-order valence-electron chi connectivity index (χ0n) is 21.9. The molecule has 36 heavy (non-hydrogen) atoms. The van der Waals surface area contributed by atoms with Gasteiger partial charge in [-0.25, -0.2) is 9.59 Å². The maximum atomic E-state index is 12.8. The maximum absolute atomic E-state index is 12.8. The Morgan fingerprint density at radius 2 is 1.69 bits per heavy atom. The van der Waals surface area contributed by atoms with Gasteiger partial charge in [0.2, 0.25) is 0 Å². The van der Waals surface area contributed by atoms with Crippen LogP contribution in [-0.4, -0.2) is 48.7 Å². The highest BCUT2D eigenvalue weighted by Gasteiger charge is 2.34. The second-order valence-corrected chi connectivity index (χ2v) is 10.4. The predicted molar refractivity (Wildman–Crippen MR) is 138 cm³/mol. The van der Waals surface area contributed by atoms with Gasteiger partial charge < -0.3 is 18.9 Å². The Morgan fingerprint density at radius 3 is 2.33 bits per heavy atom. The molecule has 0 amide bonds. The zero-order chi connectivity index (χ0) is 26.0. The molecule has 0 saturated heterocycles. The van der Waals surface area contributed by atoms with Crippen molar-refractivity contribution in [1.82, 2.24) is 4.57 Å². The van der Waals surface area contributed by atoms with Crippen LogP contribution in [0.1, 0.15) is 67.4 Å². The molecule has 0 spiro atoms. The van der Waals surface area contributed by atoms with Crippen molar-refractivity contribution in [2.24, 2.45) is 0 Å². The van der Waals surface area contributed by atoms with Gasteiger partial charge in [-0.3, -0.25) is 4.57 Å². The van der Waals surface area contributed by atoms with Gasteiger partial charge in [0.15, 0.2) is 0 Å². The first-order valence-electron chi connectivity index (χ1n) is 12.3.